The second kappa shape index (κ2) is 5.35. The maximum absolute atomic E-state index is 11.6. The SMILES string of the molecule is C=CCNC(=O)C(C)Sc1n[nH]c(C2CC2)n1. The Morgan fingerprint density at radius 2 is 2.53 bits per heavy atom. The lowest BCUT2D eigenvalue weighted by atomic mass is 10.4. The van der Waals surface area contributed by atoms with Crippen LogP contribution in [0.2, 0.25) is 0 Å². The van der Waals surface area contributed by atoms with Crippen LogP contribution in [0.5, 0.6) is 0 Å². The summed E-state index contributed by atoms with van der Waals surface area (Å²) in [5, 5.41) is 10.2. The minimum atomic E-state index is -0.196. The zero-order valence-electron chi connectivity index (χ0n) is 9.77. The lowest BCUT2D eigenvalue weighted by Gasteiger charge is -2.07. The number of aromatic nitrogens is 3. The summed E-state index contributed by atoms with van der Waals surface area (Å²) in [5.41, 5.74) is 0. The zero-order valence-corrected chi connectivity index (χ0v) is 10.6. The molecule has 6 heteroatoms. The highest BCUT2D eigenvalue weighted by molar-refractivity contribution is 8.00. The fourth-order valence-corrected chi connectivity index (χ4v) is 2.13. The first-order valence-electron chi connectivity index (χ1n) is 5.68. The molecule has 2 rings (SSSR count). The third-order valence-corrected chi connectivity index (χ3v) is 3.48. The second-order valence-corrected chi connectivity index (χ2v) is 5.38. The molecule has 1 aromatic heterocycles. The summed E-state index contributed by atoms with van der Waals surface area (Å²) in [6.07, 6.45) is 4.04. The molecule has 0 aromatic carbocycles. The van der Waals surface area contributed by atoms with Crippen molar-refractivity contribution in [2.75, 3.05) is 6.54 Å². The van der Waals surface area contributed by atoms with Gasteiger partial charge in [0.05, 0.1) is 5.25 Å². The van der Waals surface area contributed by atoms with Crippen LogP contribution in [0.3, 0.4) is 0 Å². The van der Waals surface area contributed by atoms with Crippen molar-refractivity contribution < 1.29 is 4.79 Å². The molecule has 0 aliphatic heterocycles. The number of carbonyl (C=O) groups is 1. The average molecular weight is 252 g/mol. The molecule has 1 heterocycles. The van der Waals surface area contributed by atoms with Crippen molar-refractivity contribution in [1.29, 1.82) is 0 Å². The van der Waals surface area contributed by atoms with Crippen molar-refractivity contribution in [3.05, 3.63) is 18.5 Å². The van der Waals surface area contributed by atoms with Gasteiger partial charge in [0, 0.05) is 12.5 Å². The molecular formula is C11H16N4OS. The second-order valence-electron chi connectivity index (χ2n) is 4.07. The van der Waals surface area contributed by atoms with Crippen molar-refractivity contribution in [3.63, 3.8) is 0 Å². The molecule has 1 aliphatic carbocycles. The maximum Gasteiger partial charge on any atom is 0.233 e. The van der Waals surface area contributed by atoms with Crippen molar-refractivity contribution in [2.24, 2.45) is 0 Å². The van der Waals surface area contributed by atoms with E-state index in [2.05, 4.69) is 27.1 Å². The lowest BCUT2D eigenvalue weighted by molar-refractivity contribution is -0.120. The number of carbonyl (C=O) groups excluding carboxylic acids is 1. The van der Waals surface area contributed by atoms with E-state index in [1.165, 1.54) is 24.6 Å². The summed E-state index contributed by atoms with van der Waals surface area (Å²) in [4.78, 5) is 16.0. The van der Waals surface area contributed by atoms with Crippen LogP contribution in [0.25, 0.3) is 0 Å². The summed E-state index contributed by atoms with van der Waals surface area (Å²) in [6, 6.07) is 0. The number of nitrogens with one attached hydrogen (secondary N) is 2. The quantitative estimate of drug-likeness (QED) is 0.594. The van der Waals surface area contributed by atoms with Crippen LogP contribution in [-0.4, -0.2) is 32.9 Å². The van der Waals surface area contributed by atoms with Crippen LogP contribution >= 0.6 is 11.8 Å². The number of rotatable bonds is 6. The number of nitrogens with zero attached hydrogens (tertiary/aromatic N) is 2. The van der Waals surface area contributed by atoms with E-state index in [1.54, 1.807) is 6.08 Å². The Hall–Kier alpha value is -1.30. The third-order valence-electron chi connectivity index (χ3n) is 2.52. The normalized spacial score (nSPS) is 16.5. The molecule has 1 unspecified atom stereocenters. The van der Waals surface area contributed by atoms with Crippen LogP contribution in [0.4, 0.5) is 0 Å². The van der Waals surface area contributed by atoms with Gasteiger partial charge in [0.1, 0.15) is 5.82 Å². The third kappa shape index (κ3) is 3.33. The molecule has 0 spiro atoms. The number of H-pyrrole nitrogens is 1. The predicted octanol–water partition coefficient (Wildman–Crippen LogP) is 1.46. The van der Waals surface area contributed by atoms with Gasteiger partial charge in [-0.1, -0.05) is 17.8 Å². The molecule has 1 amide bonds. The van der Waals surface area contributed by atoms with Crippen molar-refractivity contribution in [3.8, 4) is 0 Å². The summed E-state index contributed by atoms with van der Waals surface area (Å²) in [7, 11) is 0. The van der Waals surface area contributed by atoms with Crippen LogP contribution < -0.4 is 5.32 Å². The Balaban J connectivity index is 1.85. The van der Waals surface area contributed by atoms with E-state index in [9.17, 15) is 4.79 Å². The zero-order chi connectivity index (χ0) is 12.3. The van der Waals surface area contributed by atoms with Gasteiger partial charge >= 0.3 is 0 Å². The Kier molecular flexibility index (Phi) is 3.83. The smallest absolute Gasteiger partial charge is 0.233 e. The molecule has 1 saturated carbocycles. The number of hydrogen-bond donors (Lipinski definition) is 2. The van der Waals surface area contributed by atoms with Gasteiger partial charge in [-0.2, -0.15) is 0 Å². The highest BCUT2D eigenvalue weighted by atomic mass is 32.2. The molecule has 0 saturated heterocycles. The number of thioether (sulfide) groups is 1. The van der Waals surface area contributed by atoms with Crippen LogP contribution in [0.15, 0.2) is 17.8 Å². The minimum Gasteiger partial charge on any atom is -0.352 e. The molecular weight excluding hydrogens is 236 g/mol. The average Bonchev–Trinajstić information content (AvgIpc) is 3.07. The lowest BCUT2D eigenvalue weighted by Crippen LogP contribution is -2.30. The van der Waals surface area contributed by atoms with E-state index in [4.69, 9.17) is 0 Å². The number of amides is 1. The predicted molar refractivity (Wildman–Crippen MR) is 66.9 cm³/mol. The van der Waals surface area contributed by atoms with Gasteiger partial charge in [-0.25, -0.2) is 4.98 Å². The van der Waals surface area contributed by atoms with E-state index >= 15 is 0 Å². The van der Waals surface area contributed by atoms with E-state index in [1.807, 2.05) is 6.92 Å². The Labute approximate surface area is 104 Å². The molecule has 1 atom stereocenters. The Bertz CT molecular complexity index is 413. The molecule has 92 valence electrons. The van der Waals surface area contributed by atoms with Gasteiger partial charge in [0.25, 0.3) is 0 Å². The number of hydrogen-bond acceptors (Lipinski definition) is 4. The summed E-state index contributed by atoms with van der Waals surface area (Å²) in [6.45, 7) is 5.89. The molecule has 0 radical (unpaired) electrons. The highest BCUT2D eigenvalue weighted by Gasteiger charge is 2.27. The van der Waals surface area contributed by atoms with Gasteiger partial charge in [-0.15, -0.1) is 11.7 Å². The monoisotopic (exact) mass is 252 g/mol. The molecule has 17 heavy (non-hydrogen) atoms. The summed E-state index contributed by atoms with van der Waals surface area (Å²) >= 11 is 1.37. The minimum absolute atomic E-state index is 0.0207. The van der Waals surface area contributed by atoms with E-state index in [0.717, 1.165) is 5.82 Å². The van der Waals surface area contributed by atoms with Crippen molar-refractivity contribution in [2.45, 2.75) is 36.1 Å². The summed E-state index contributed by atoms with van der Waals surface area (Å²) < 4.78 is 0. The van der Waals surface area contributed by atoms with Gasteiger partial charge in [-0.05, 0) is 19.8 Å². The maximum atomic E-state index is 11.6. The first-order chi connectivity index (χ1) is 8.20. The van der Waals surface area contributed by atoms with E-state index in [0.29, 0.717) is 17.6 Å². The first kappa shape index (κ1) is 12.2. The largest absolute Gasteiger partial charge is 0.352 e. The van der Waals surface area contributed by atoms with Gasteiger partial charge in [0.2, 0.25) is 11.1 Å². The highest BCUT2D eigenvalue weighted by Crippen LogP contribution is 2.38. The molecule has 1 aromatic rings. The molecule has 2 N–H and O–H groups in total. The first-order valence-corrected chi connectivity index (χ1v) is 6.56. The summed E-state index contributed by atoms with van der Waals surface area (Å²) in [5.74, 6) is 1.49. The number of aromatic amines is 1. The standard InChI is InChI=1S/C11H16N4OS/c1-3-6-12-10(16)7(2)17-11-13-9(14-15-11)8-4-5-8/h3,7-8H,1,4-6H2,2H3,(H,12,16)(H,13,14,15). The van der Waals surface area contributed by atoms with Crippen LogP contribution in [0.1, 0.15) is 31.5 Å². The van der Waals surface area contributed by atoms with Crippen molar-refractivity contribution in [1.82, 2.24) is 20.5 Å². The van der Waals surface area contributed by atoms with Gasteiger partial charge in [0.15, 0.2) is 0 Å². The van der Waals surface area contributed by atoms with E-state index < -0.39 is 0 Å². The Morgan fingerprint density at radius 1 is 1.76 bits per heavy atom. The fraction of sp³-hybridized carbons (Fsp3) is 0.545. The molecule has 1 aliphatic rings. The van der Waals surface area contributed by atoms with Crippen LogP contribution in [-0.2, 0) is 4.79 Å². The van der Waals surface area contributed by atoms with Gasteiger partial charge in [-0.3, -0.25) is 9.89 Å². The van der Waals surface area contributed by atoms with Crippen LogP contribution in [0, 0.1) is 0 Å². The van der Waals surface area contributed by atoms with Crippen molar-refractivity contribution >= 4 is 17.7 Å². The topological polar surface area (TPSA) is 70.7 Å². The van der Waals surface area contributed by atoms with E-state index in [-0.39, 0.29) is 11.2 Å². The fourth-order valence-electron chi connectivity index (χ4n) is 1.38. The molecule has 1 fully saturated rings. The molecule has 0 bridgehead atoms. The Morgan fingerprint density at radius 3 is 3.18 bits per heavy atom. The van der Waals surface area contributed by atoms with Gasteiger partial charge < -0.3 is 5.32 Å². The molecule has 5 nitrogen and oxygen atoms in total.